The molecule has 3 aromatic carbocycles. The Kier molecular flexibility index (Phi) is 11.8. The van der Waals surface area contributed by atoms with Crippen molar-refractivity contribution in [2.45, 2.75) is 75.2 Å². The number of likely N-dealkylation sites (tertiary alicyclic amines) is 1. The van der Waals surface area contributed by atoms with E-state index in [0.717, 1.165) is 61.2 Å². The molecule has 0 radical (unpaired) electrons. The second-order valence-corrected chi connectivity index (χ2v) is 14.8. The van der Waals surface area contributed by atoms with E-state index in [1.165, 1.54) is 14.2 Å². The van der Waals surface area contributed by atoms with E-state index in [4.69, 9.17) is 14.5 Å². The first-order chi connectivity index (χ1) is 25.6. The predicted octanol–water partition coefficient (Wildman–Crippen LogP) is 8.24. The van der Waals surface area contributed by atoms with Crippen LogP contribution in [0.1, 0.15) is 73.9 Å². The number of halogens is 5. The number of carbonyl (C=O) groups is 2. The molecule has 4 N–H and O–H groups in total. The van der Waals surface area contributed by atoms with Crippen molar-refractivity contribution in [1.29, 1.82) is 0 Å². The van der Waals surface area contributed by atoms with Crippen LogP contribution in [0.3, 0.4) is 0 Å². The summed E-state index contributed by atoms with van der Waals surface area (Å²) >= 11 is 0. The summed E-state index contributed by atoms with van der Waals surface area (Å²) in [7, 11) is 2.75. The molecule has 9 rings (SSSR count). The molecule has 298 valence electrons. The number of alkyl halides is 2. The standard InChI is InChI=1S/C40H41F2N7O4.3ClH/c1-20(52-2)34(48-39(51)53-3)38(50)49-25-10-6-24(15-25)35(49)37-45-30-13-9-22(18-32(30)46-37)21-7-11-26-27-12-8-23(17-29(27)40(41,42)28(26)16-21)33-19-44-36(47-33)31-5-4-14-43-31;;;/h7-9,11-13,16-20,24-25,31,34-35,43H,4-6,10,14-15H2,1-3H3,(H,44,47)(H,45,46)(H,48,51);3*1H/t20-,24-,25-,31+,34+,35+;;;/m1.../s1. The van der Waals surface area contributed by atoms with E-state index >= 15 is 8.78 Å². The molecule has 5 aromatic rings. The van der Waals surface area contributed by atoms with Gasteiger partial charge in [0.25, 0.3) is 5.92 Å². The number of nitrogens with zero attached hydrogens (tertiary/aromatic N) is 3. The van der Waals surface area contributed by atoms with Crippen molar-refractivity contribution in [2.75, 3.05) is 20.8 Å². The molecular weight excluding hydrogens is 787 g/mol. The predicted molar refractivity (Wildman–Crippen MR) is 216 cm³/mol. The normalized spacial score (nSPS) is 22.3. The molecule has 2 aliphatic heterocycles. The van der Waals surface area contributed by atoms with Crippen molar-refractivity contribution in [1.82, 2.24) is 35.5 Å². The zero-order valence-electron chi connectivity index (χ0n) is 30.9. The molecule has 2 saturated heterocycles. The molecule has 2 aliphatic carbocycles. The smallest absolute Gasteiger partial charge is 0.407 e. The third kappa shape index (κ3) is 6.81. The van der Waals surface area contributed by atoms with Crippen LogP contribution in [0.2, 0.25) is 0 Å². The summed E-state index contributed by atoms with van der Waals surface area (Å²) in [6.07, 6.45) is 5.19. The Morgan fingerprint density at radius 3 is 2.30 bits per heavy atom. The van der Waals surface area contributed by atoms with Gasteiger partial charge in [-0.1, -0.05) is 30.3 Å². The van der Waals surface area contributed by atoms with Gasteiger partial charge in [0.1, 0.15) is 17.7 Å². The quantitative estimate of drug-likeness (QED) is 0.124. The number of piperidine rings is 1. The molecule has 1 saturated carbocycles. The lowest BCUT2D eigenvalue weighted by molar-refractivity contribution is -0.141. The van der Waals surface area contributed by atoms with Gasteiger partial charge in [-0.05, 0) is 98.0 Å². The first-order valence-corrected chi connectivity index (χ1v) is 18.3. The maximum absolute atomic E-state index is 16.3. The molecule has 4 heterocycles. The van der Waals surface area contributed by atoms with Crippen LogP contribution < -0.4 is 10.6 Å². The van der Waals surface area contributed by atoms with Gasteiger partial charge in [-0.15, -0.1) is 37.2 Å². The molecule has 2 bridgehead atoms. The lowest BCUT2D eigenvalue weighted by atomic mass is 9.97. The molecule has 3 fully saturated rings. The number of fused-ring (bicyclic) bond motifs is 6. The van der Waals surface area contributed by atoms with Gasteiger partial charge < -0.3 is 35.0 Å². The Bertz CT molecular complexity index is 2260. The van der Waals surface area contributed by atoms with Crippen LogP contribution in [0.4, 0.5) is 13.6 Å². The second-order valence-electron chi connectivity index (χ2n) is 14.8. The number of alkyl carbamates (subject to hydrolysis) is 1. The van der Waals surface area contributed by atoms with E-state index in [2.05, 4.69) is 25.6 Å². The molecule has 16 heteroatoms. The number of benzene rings is 3. The number of hydrogen-bond acceptors (Lipinski definition) is 7. The number of amides is 2. The van der Waals surface area contributed by atoms with E-state index in [1.54, 1.807) is 37.4 Å². The van der Waals surface area contributed by atoms with E-state index < -0.39 is 24.2 Å². The van der Waals surface area contributed by atoms with Crippen molar-refractivity contribution < 1.29 is 27.8 Å². The number of carbonyl (C=O) groups excluding carboxylic acids is 2. The number of aromatic nitrogens is 4. The van der Waals surface area contributed by atoms with Crippen LogP contribution in [0, 0.1) is 5.92 Å². The van der Waals surface area contributed by atoms with Crippen LogP contribution in [0.25, 0.3) is 44.5 Å². The average molecular weight is 831 g/mol. The summed E-state index contributed by atoms with van der Waals surface area (Å²) < 4.78 is 42.8. The third-order valence-electron chi connectivity index (χ3n) is 11.8. The van der Waals surface area contributed by atoms with Crippen LogP contribution in [0.5, 0.6) is 0 Å². The monoisotopic (exact) mass is 829 g/mol. The fourth-order valence-corrected chi connectivity index (χ4v) is 9.02. The first-order valence-electron chi connectivity index (χ1n) is 18.3. The zero-order chi connectivity index (χ0) is 36.6. The highest BCUT2D eigenvalue weighted by Crippen LogP contribution is 2.53. The van der Waals surface area contributed by atoms with Gasteiger partial charge in [0.15, 0.2) is 0 Å². The Labute approximate surface area is 341 Å². The number of imidazole rings is 2. The van der Waals surface area contributed by atoms with Crippen molar-refractivity contribution in [3.63, 3.8) is 0 Å². The third-order valence-corrected chi connectivity index (χ3v) is 11.8. The van der Waals surface area contributed by atoms with Gasteiger partial charge in [-0.25, -0.2) is 14.8 Å². The Morgan fingerprint density at radius 1 is 0.911 bits per heavy atom. The molecule has 4 aliphatic rings. The van der Waals surface area contributed by atoms with Gasteiger partial charge in [0, 0.05) is 29.8 Å². The second kappa shape index (κ2) is 15.9. The molecular formula is C40H44Cl3F2N7O4. The summed E-state index contributed by atoms with van der Waals surface area (Å²) in [5.41, 5.74) is 5.30. The first kappa shape index (κ1) is 41.4. The average Bonchev–Trinajstić information content (AvgIpc) is 4.03. The zero-order valence-corrected chi connectivity index (χ0v) is 33.4. The fraction of sp³-hybridized carbons (Fsp3) is 0.400. The van der Waals surface area contributed by atoms with E-state index in [-0.39, 0.29) is 78.3 Å². The van der Waals surface area contributed by atoms with Crippen molar-refractivity contribution >= 4 is 60.3 Å². The van der Waals surface area contributed by atoms with Gasteiger partial charge in [-0.3, -0.25) is 4.79 Å². The minimum atomic E-state index is -3.18. The van der Waals surface area contributed by atoms with Gasteiger partial charge >= 0.3 is 6.09 Å². The Balaban J connectivity index is 0.00000177. The Hall–Kier alpha value is -4.27. The van der Waals surface area contributed by atoms with Crippen molar-refractivity contribution in [2.24, 2.45) is 5.92 Å². The molecule has 0 spiro atoms. The van der Waals surface area contributed by atoms with Crippen molar-refractivity contribution in [3.05, 3.63) is 83.6 Å². The minimum Gasteiger partial charge on any atom is -0.453 e. The molecule has 11 nitrogen and oxygen atoms in total. The molecule has 0 unspecified atom stereocenters. The maximum Gasteiger partial charge on any atom is 0.407 e. The number of methoxy groups -OCH3 is 2. The summed E-state index contributed by atoms with van der Waals surface area (Å²) in [6.45, 7) is 2.68. The summed E-state index contributed by atoms with van der Waals surface area (Å²) in [5.74, 6) is -1.72. The highest BCUT2D eigenvalue weighted by atomic mass is 35.5. The number of ether oxygens (including phenoxy) is 2. The largest absolute Gasteiger partial charge is 0.453 e. The van der Waals surface area contributed by atoms with E-state index in [1.807, 2.05) is 35.2 Å². The summed E-state index contributed by atoms with van der Waals surface area (Å²) in [6, 6.07) is 15.1. The lowest BCUT2D eigenvalue weighted by Gasteiger charge is -2.37. The van der Waals surface area contributed by atoms with Crippen molar-refractivity contribution in [3.8, 4) is 33.5 Å². The highest BCUT2D eigenvalue weighted by Gasteiger charge is 2.52. The minimum absolute atomic E-state index is 0. The Morgan fingerprint density at radius 2 is 1.61 bits per heavy atom. The van der Waals surface area contributed by atoms with E-state index in [0.29, 0.717) is 33.6 Å². The number of aromatic amines is 2. The lowest BCUT2D eigenvalue weighted by Crippen LogP contribution is -2.56. The molecule has 6 atom stereocenters. The van der Waals surface area contributed by atoms with E-state index in [9.17, 15) is 9.59 Å². The topological polar surface area (TPSA) is 137 Å². The number of hydrogen-bond donors (Lipinski definition) is 4. The summed E-state index contributed by atoms with van der Waals surface area (Å²) in [4.78, 5) is 44.4. The summed E-state index contributed by atoms with van der Waals surface area (Å²) in [5, 5.41) is 6.08. The van der Waals surface area contributed by atoms with Crippen LogP contribution in [-0.4, -0.2) is 75.8 Å². The molecule has 2 aromatic heterocycles. The maximum atomic E-state index is 16.3. The van der Waals surface area contributed by atoms with Crippen LogP contribution in [-0.2, 0) is 20.2 Å². The fourth-order valence-electron chi connectivity index (χ4n) is 9.02. The van der Waals surface area contributed by atoms with Crippen LogP contribution in [0.15, 0.2) is 60.8 Å². The highest BCUT2D eigenvalue weighted by molar-refractivity contribution is 5.89. The van der Waals surface area contributed by atoms with Crippen LogP contribution >= 0.6 is 37.2 Å². The van der Waals surface area contributed by atoms with Gasteiger partial charge in [0.2, 0.25) is 5.91 Å². The number of nitrogens with one attached hydrogen (secondary N) is 4. The number of rotatable bonds is 8. The number of H-pyrrole nitrogens is 2. The molecule has 2 amide bonds. The van der Waals surface area contributed by atoms with Gasteiger partial charge in [0.05, 0.1) is 48.2 Å². The van der Waals surface area contributed by atoms with Gasteiger partial charge in [-0.2, -0.15) is 8.78 Å². The molecule has 56 heavy (non-hydrogen) atoms. The SMILES string of the molecule is COC(=O)N[C@H](C(=O)N1[C@@H]2CC[C@H](C2)[C@H]1c1nc2ccc(-c3ccc4c(c3)C(F)(F)c3cc(-c5cnc([C@@H]6CCCN6)[nH]5)ccc3-4)cc2[nH]1)[C@@H](C)OC.Cl.Cl.Cl.